The minimum Gasteiger partial charge on any atom is -0.360 e. The summed E-state index contributed by atoms with van der Waals surface area (Å²) in [7, 11) is 0. The maximum absolute atomic E-state index is 12.8. The summed E-state index contributed by atoms with van der Waals surface area (Å²) in [5, 5.41) is 8.19. The van der Waals surface area contributed by atoms with E-state index in [2.05, 4.69) is 27.2 Å². The minimum atomic E-state index is -0.0893. The van der Waals surface area contributed by atoms with E-state index < -0.39 is 0 Å². The number of aromatic amines is 1. The zero-order valence-corrected chi connectivity index (χ0v) is 20.8. The quantitative estimate of drug-likeness (QED) is 0.452. The van der Waals surface area contributed by atoms with Crippen molar-refractivity contribution < 1.29 is 9.59 Å². The van der Waals surface area contributed by atoms with Crippen molar-refractivity contribution in [1.82, 2.24) is 30.1 Å². The fourth-order valence-corrected chi connectivity index (χ4v) is 5.25. The molecule has 3 aromatic rings. The van der Waals surface area contributed by atoms with Crippen molar-refractivity contribution in [3.05, 3.63) is 54.3 Å². The lowest BCUT2D eigenvalue weighted by Gasteiger charge is -2.36. The average molecular weight is 508 g/mol. The number of hydrogen-bond donors (Lipinski definition) is 3. The number of benzene rings is 1. The van der Waals surface area contributed by atoms with Crippen LogP contribution in [0.5, 0.6) is 0 Å². The van der Waals surface area contributed by atoms with Crippen LogP contribution in [0.15, 0.2) is 49.3 Å². The molecule has 1 aliphatic heterocycles. The van der Waals surface area contributed by atoms with E-state index in [1.54, 1.807) is 16.0 Å². The van der Waals surface area contributed by atoms with Gasteiger partial charge >= 0.3 is 6.03 Å². The van der Waals surface area contributed by atoms with E-state index in [9.17, 15) is 9.59 Å². The van der Waals surface area contributed by atoms with Gasteiger partial charge in [-0.3, -0.25) is 4.79 Å². The summed E-state index contributed by atoms with van der Waals surface area (Å²) in [5.74, 6) is 0.438. The number of nitrogens with one attached hydrogen (secondary N) is 3. The first-order valence-corrected chi connectivity index (χ1v) is 12.7. The number of carbonyl (C=O) groups is 2. The van der Waals surface area contributed by atoms with Crippen molar-refractivity contribution in [2.24, 2.45) is 0 Å². The van der Waals surface area contributed by atoms with Crippen LogP contribution in [0.2, 0.25) is 5.02 Å². The van der Waals surface area contributed by atoms with Crippen molar-refractivity contribution in [3.63, 3.8) is 0 Å². The highest BCUT2D eigenvalue weighted by Crippen LogP contribution is 2.32. The van der Waals surface area contributed by atoms with Crippen LogP contribution in [0, 0.1) is 0 Å². The topological polar surface area (TPSA) is 106 Å². The van der Waals surface area contributed by atoms with Crippen LogP contribution in [0.25, 0.3) is 22.2 Å². The van der Waals surface area contributed by atoms with Gasteiger partial charge in [0.15, 0.2) is 0 Å². The number of hydrogen-bond acceptors (Lipinski definition) is 5. The predicted molar refractivity (Wildman–Crippen MR) is 141 cm³/mol. The molecule has 2 fully saturated rings. The number of para-hydroxylation sites is 1. The number of amides is 3. The summed E-state index contributed by atoms with van der Waals surface area (Å²) in [6.45, 7) is 5.63. The Bertz CT molecular complexity index is 1270. The fourth-order valence-electron chi connectivity index (χ4n) is 5.05. The molecule has 0 bridgehead atoms. The van der Waals surface area contributed by atoms with E-state index in [-0.39, 0.29) is 24.0 Å². The Hall–Kier alpha value is -3.59. The molecule has 0 radical (unpaired) electrons. The lowest BCUT2D eigenvalue weighted by Crippen LogP contribution is -2.55. The third-order valence-electron chi connectivity index (χ3n) is 6.98. The highest BCUT2D eigenvalue weighted by molar-refractivity contribution is 6.33. The van der Waals surface area contributed by atoms with Crippen LogP contribution in [0.4, 0.5) is 10.7 Å². The minimum absolute atomic E-state index is 0.0666. The number of rotatable bonds is 5. The van der Waals surface area contributed by atoms with Crippen LogP contribution < -0.4 is 10.6 Å². The second kappa shape index (κ2) is 10.6. The third kappa shape index (κ3) is 5.16. The molecule has 3 heterocycles. The smallest absolute Gasteiger partial charge is 0.317 e. The van der Waals surface area contributed by atoms with E-state index in [0.29, 0.717) is 42.8 Å². The summed E-state index contributed by atoms with van der Waals surface area (Å²) in [4.78, 5) is 40.5. The largest absolute Gasteiger partial charge is 0.360 e. The molecule has 1 saturated heterocycles. The normalized spacial score (nSPS) is 20.2. The monoisotopic (exact) mass is 507 g/mol. The Morgan fingerprint density at radius 1 is 1.11 bits per heavy atom. The molecule has 0 spiro atoms. The Kier molecular flexibility index (Phi) is 7.09. The lowest BCUT2D eigenvalue weighted by molar-refractivity contribution is -0.127. The summed E-state index contributed by atoms with van der Waals surface area (Å²) in [6, 6.07) is 8.17. The van der Waals surface area contributed by atoms with Gasteiger partial charge in [0.05, 0.1) is 16.9 Å². The van der Waals surface area contributed by atoms with Crippen LogP contribution in [-0.4, -0.2) is 75.0 Å². The van der Waals surface area contributed by atoms with Crippen molar-refractivity contribution in [2.45, 2.75) is 37.8 Å². The maximum atomic E-state index is 12.8. The molecule has 1 unspecified atom stereocenters. The summed E-state index contributed by atoms with van der Waals surface area (Å²) in [6.07, 6.45) is 8.56. The van der Waals surface area contributed by atoms with E-state index >= 15 is 0 Å². The molecule has 36 heavy (non-hydrogen) atoms. The van der Waals surface area contributed by atoms with E-state index in [1.807, 2.05) is 30.5 Å². The molecule has 2 aromatic heterocycles. The number of fused-ring (bicyclic) bond motifs is 1. The molecule has 10 heteroatoms. The second-order valence-electron chi connectivity index (χ2n) is 9.31. The van der Waals surface area contributed by atoms with Gasteiger partial charge < -0.3 is 25.4 Å². The number of aromatic nitrogens is 3. The SMILES string of the molecule is C=CC(=O)N1CCN(C(=O)N[C@H]2CCCC(Nc3ncc(Cl)c(-c4c[nH]c5ccccc45)n3)C2)CC1. The number of H-pyrrole nitrogens is 1. The molecule has 3 N–H and O–H groups in total. The molecule has 3 amide bonds. The standard InChI is InChI=1S/C26H30ClN7O2/c1-2-23(35)33-10-12-34(13-11-33)26(36)31-18-7-5-6-17(14-18)30-25-29-16-21(27)24(32-25)20-15-28-22-9-4-3-8-19(20)22/h2-4,8-9,15-18,28H,1,5-7,10-14H2,(H,31,36)(H,29,30,32)/t17?,18-/m0/s1. The number of urea groups is 1. The average Bonchev–Trinajstić information content (AvgIpc) is 3.33. The van der Waals surface area contributed by atoms with Crippen molar-refractivity contribution in [2.75, 3.05) is 31.5 Å². The van der Waals surface area contributed by atoms with Crippen LogP contribution in [0.3, 0.4) is 0 Å². The summed E-state index contributed by atoms with van der Waals surface area (Å²) < 4.78 is 0. The highest BCUT2D eigenvalue weighted by atomic mass is 35.5. The van der Waals surface area contributed by atoms with Gasteiger partial charge in [0.25, 0.3) is 0 Å². The Labute approximate surface area is 214 Å². The summed E-state index contributed by atoms with van der Waals surface area (Å²) in [5.41, 5.74) is 2.64. The van der Waals surface area contributed by atoms with Gasteiger partial charge in [-0.15, -0.1) is 0 Å². The predicted octanol–water partition coefficient (Wildman–Crippen LogP) is 4.04. The zero-order valence-electron chi connectivity index (χ0n) is 20.0. The van der Waals surface area contributed by atoms with Crippen LogP contribution in [0.1, 0.15) is 25.7 Å². The fraction of sp³-hybridized carbons (Fsp3) is 0.385. The van der Waals surface area contributed by atoms with Crippen LogP contribution in [-0.2, 0) is 4.79 Å². The molecule has 1 aromatic carbocycles. The van der Waals surface area contributed by atoms with Gasteiger partial charge in [0, 0.05) is 60.9 Å². The molecule has 2 atom stereocenters. The third-order valence-corrected chi connectivity index (χ3v) is 7.25. The molecular weight excluding hydrogens is 478 g/mol. The first kappa shape index (κ1) is 24.1. The molecule has 1 aliphatic carbocycles. The van der Waals surface area contributed by atoms with Gasteiger partial charge in [-0.2, -0.15) is 0 Å². The molecule has 9 nitrogen and oxygen atoms in total. The number of carbonyl (C=O) groups excluding carboxylic acids is 2. The van der Waals surface area contributed by atoms with Crippen molar-refractivity contribution in [3.8, 4) is 11.3 Å². The van der Waals surface area contributed by atoms with Crippen LogP contribution >= 0.6 is 11.6 Å². The van der Waals surface area contributed by atoms with E-state index in [4.69, 9.17) is 16.6 Å². The number of halogens is 1. The molecule has 1 saturated carbocycles. The van der Waals surface area contributed by atoms with Crippen molar-refractivity contribution in [1.29, 1.82) is 0 Å². The van der Waals surface area contributed by atoms with Gasteiger partial charge in [-0.25, -0.2) is 14.8 Å². The molecular formula is C26H30ClN7O2. The zero-order chi connectivity index (χ0) is 25.1. The van der Waals surface area contributed by atoms with Gasteiger partial charge in [0.2, 0.25) is 11.9 Å². The lowest BCUT2D eigenvalue weighted by atomic mass is 9.91. The van der Waals surface area contributed by atoms with Gasteiger partial charge in [-0.1, -0.05) is 36.4 Å². The number of anilines is 1. The van der Waals surface area contributed by atoms with E-state index in [1.165, 1.54) is 6.08 Å². The van der Waals surface area contributed by atoms with Gasteiger partial charge in [0.1, 0.15) is 0 Å². The molecule has 2 aliphatic rings. The first-order chi connectivity index (χ1) is 17.5. The number of nitrogens with zero attached hydrogens (tertiary/aromatic N) is 4. The van der Waals surface area contributed by atoms with Crippen molar-refractivity contribution >= 4 is 40.4 Å². The maximum Gasteiger partial charge on any atom is 0.317 e. The van der Waals surface area contributed by atoms with Gasteiger partial charge in [-0.05, 0) is 37.8 Å². The molecule has 188 valence electrons. The Balaban J connectivity index is 1.20. The number of piperazine rings is 1. The van der Waals surface area contributed by atoms with E-state index in [0.717, 1.165) is 42.1 Å². The summed E-state index contributed by atoms with van der Waals surface area (Å²) >= 11 is 6.47. The molecule has 5 rings (SSSR count). The Morgan fingerprint density at radius 3 is 2.67 bits per heavy atom. The Morgan fingerprint density at radius 2 is 1.86 bits per heavy atom. The second-order valence-corrected chi connectivity index (χ2v) is 9.72. The highest BCUT2D eigenvalue weighted by Gasteiger charge is 2.28. The first-order valence-electron chi connectivity index (χ1n) is 12.3.